The highest BCUT2D eigenvalue weighted by Crippen LogP contribution is 2.32. The second-order valence-electron chi connectivity index (χ2n) is 3.61. The Hall–Kier alpha value is -0.530. The van der Waals surface area contributed by atoms with Crippen LogP contribution in [0.4, 0.5) is 0 Å². The van der Waals surface area contributed by atoms with Crippen molar-refractivity contribution in [3.8, 4) is 0 Å². The van der Waals surface area contributed by atoms with E-state index in [1.54, 1.807) is 0 Å². The molecule has 1 aliphatic carbocycles. The largest absolute Gasteiger partial charge is 0.327 e. The molecule has 0 aromatic heterocycles. The molecule has 2 N–H and O–H groups in total. The van der Waals surface area contributed by atoms with Crippen LogP contribution in [0.2, 0.25) is 0 Å². The molecule has 1 aromatic carbocycles. The Labute approximate surface area is 85.7 Å². The van der Waals surface area contributed by atoms with Gasteiger partial charge in [0, 0.05) is 6.04 Å². The maximum Gasteiger partial charge on any atom is 0.0108 e. The minimum absolute atomic E-state index is 0. The Balaban J connectivity index is 0.000000845. The lowest BCUT2D eigenvalue weighted by atomic mass is 9.95. The van der Waals surface area contributed by atoms with E-state index >= 15 is 0 Å². The van der Waals surface area contributed by atoms with Crippen LogP contribution in [0.25, 0.3) is 0 Å². The van der Waals surface area contributed by atoms with Crippen LogP contribution in [0.15, 0.2) is 30.3 Å². The molecule has 2 atom stereocenters. The summed E-state index contributed by atoms with van der Waals surface area (Å²) in [4.78, 5) is 0. The molecule has 1 fully saturated rings. The van der Waals surface area contributed by atoms with Crippen LogP contribution in [-0.4, -0.2) is 6.04 Å². The summed E-state index contributed by atoms with van der Waals surface area (Å²) in [5.74, 6) is 0.617. The van der Waals surface area contributed by atoms with Crippen LogP contribution in [0, 0.1) is 0 Å². The van der Waals surface area contributed by atoms with Crippen molar-refractivity contribution in [1.82, 2.24) is 0 Å². The molecule has 1 saturated carbocycles. The molecule has 0 spiro atoms. The SMILES string of the molecule is Cl.N[C@H]1CCC[C@H]1c1ccccc1. The first-order chi connectivity index (χ1) is 5.88. The fourth-order valence-corrected chi connectivity index (χ4v) is 2.10. The van der Waals surface area contributed by atoms with Crippen molar-refractivity contribution in [2.45, 2.75) is 31.2 Å². The van der Waals surface area contributed by atoms with Crippen LogP contribution in [0.5, 0.6) is 0 Å². The third-order valence-electron chi connectivity index (χ3n) is 2.80. The summed E-state index contributed by atoms with van der Waals surface area (Å²) < 4.78 is 0. The molecule has 0 saturated heterocycles. The van der Waals surface area contributed by atoms with Gasteiger partial charge in [0.05, 0.1) is 0 Å². The van der Waals surface area contributed by atoms with E-state index in [0.717, 1.165) is 0 Å². The molecule has 0 bridgehead atoms. The molecule has 1 aromatic rings. The summed E-state index contributed by atoms with van der Waals surface area (Å²) in [6.07, 6.45) is 3.76. The Morgan fingerprint density at radius 3 is 2.31 bits per heavy atom. The second kappa shape index (κ2) is 4.64. The third-order valence-corrected chi connectivity index (χ3v) is 2.80. The first-order valence-corrected chi connectivity index (χ1v) is 4.68. The Morgan fingerprint density at radius 1 is 1.08 bits per heavy atom. The lowest BCUT2D eigenvalue weighted by Crippen LogP contribution is -2.22. The first kappa shape index (κ1) is 10.6. The van der Waals surface area contributed by atoms with Crippen LogP contribution >= 0.6 is 12.4 Å². The maximum atomic E-state index is 6.01. The average molecular weight is 198 g/mol. The van der Waals surface area contributed by atoms with E-state index in [0.29, 0.717) is 12.0 Å². The summed E-state index contributed by atoms with van der Waals surface area (Å²) in [5, 5.41) is 0. The smallest absolute Gasteiger partial charge is 0.0108 e. The zero-order valence-corrected chi connectivity index (χ0v) is 8.46. The third kappa shape index (κ3) is 2.23. The summed E-state index contributed by atoms with van der Waals surface area (Å²) in [5.41, 5.74) is 7.43. The molecule has 72 valence electrons. The number of nitrogens with two attached hydrogens (primary N) is 1. The van der Waals surface area contributed by atoms with Crippen molar-refractivity contribution >= 4 is 12.4 Å². The van der Waals surface area contributed by atoms with E-state index in [4.69, 9.17) is 5.73 Å². The molecule has 1 aliphatic rings. The summed E-state index contributed by atoms with van der Waals surface area (Å²) in [6, 6.07) is 11.0. The van der Waals surface area contributed by atoms with Crippen LogP contribution in [-0.2, 0) is 0 Å². The molecular weight excluding hydrogens is 182 g/mol. The maximum absolute atomic E-state index is 6.01. The van der Waals surface area contributed by atoms with Gasteiger partial charge in [-0.25, -0.2) is 0 Å². The monoisotopic (exact) mass is 197 g/mol. The van der Waals surface area contributed by atoms with Gasteiger partial charge in [-0.1, -0.05) is 36.8 Å². The molecule has 2 heteroatoms. The zero-order valence-electron chi connectivity index (χ0n) is 7.65. The molecule has 0 aliphatic heterocycles. The Morgan fingerprint density at radius 2 is 1.77 bits per heavy atom. The number of benzene rings is 1. The number of rotatable bonds is 1. The standard InChI is InChI=1S/C11H15N.ClH/c12-11-8-4-7-10(11)9-5-2-1-3-6-9;/h1-3,5-6,10-11H,4,7-8,12H2;1H/t10-,11-;/m0./s1. The van der Waals surface area contributed by atoms with E-state index in [2.05, 4.69) is 30.3 Å². The van der Waals surface area contributed by atoms with Crippen molar-refractivity contribution in [2.24, 2.45) is 5.73 Å². The van der Waals surface area contributed by atoms with Crippen LogP contribution in [0.1, 0.15) is 30.7 Å². The van der Waals surface area contributed by atoms with Crippen LogP contribution < -0.4 is 5.73 Å². The average Bonchev–Trinajstić information content (AvgIpc) is 2.53. The van der Waals surface area contributed by atoms with E-state index in [1.807, 2.05) is 0 Å². The van der Waals surface area contributed by atoms with Crippen molar-refractivity contribution < 1.29 is 0 Å². The molecule has 1 nitrogen and oxygen atoms in total. The van der Waals surface area contributed by atoms with Gasteiger partial charge in [0.25, 0.3) is 0 Å². The van der Waals surface area contributed by atoms with Gasteiger partial charge in [0.1, 0.15) is 0 Å². The van der Waals surface area contributed by atoms with Crippen molar-refractivity contribution in [2.75, 3.05) is 0 Å². The molecule has 0 heterocycles. The highest BCUT2D eigenvalue weighted by molar-refractivity contribution is 5.85. The van der Waals surface area contributed by atoms with E-state index in [1.165, 1.54) is 24.8 Å². The molecule has 0 radical (unpaired) electrons. The summed E-state index contributed by atoms with van der Waals surface area (Å²) >= 11 is 0. The van der Waals surface area contributed by atoms with Gasteiger partial charge in [0.15, 0.2) is 0 Å². The fourth-order valence-electron chi connectivity index (χ4n) is 2.10. The highest BCUT2D eigenvalue weighted by Gasteiger charge is 2.24. The van der Waals surface area contributed by atoms with Crippen molar-refractivity contribution in [3.63, 3.8) is 0 Å². The number of hydrogen-bond donors (Lipinski definition) is 1. The predicted octanol–water partition coefficient (Wildman–Crippen LogP) is 2.70. The lowest BCUT2D eigenvalue weighted by Gasteiger charge is -2.14. The van der Waals surface area contributed by atoms with Gasteiger partial charge in [-0.3, -0.25) is 0 Å². The number of hydrogen-bond acceptors (Lipinski definition) is 1. The van der Waals surface area contributed by atoms with E-state index in [-0.39, 0.29) is 12.4 Å². The predicted molar refractivity (Wildman–Crippen MR) is 58.3 cm³/mol. The molecule has 13 heavy (non-hydrogen) atoms. The Bertz CT molecular complexity index is 248. The fraction of sp³-hybridized carbons (Fsp3) is 0.455. The topological polar surface area (TPSA) is 26.0 Å². The van der Waals surface area contributed by atoms with E-state index in [9.17, 15) is 0 Å². The zero-order chi connectivity index (χ0) is 8.39. The lowest BCUT2D eigenvalue weighted by molar-refractivity contribution is 0.613. The molecular formula is C11H16ClN. The Kier molecular flexibility index (Phi) is 3.76. The van der Waals surface area contributed by atoms with Crippen molar-refractivity contribution in [1.29, 1.82) is 0 Å². The van der Waals surface area contributed by atoms with Gasteiger partial charge in [0.2, 0.25) is 0 Å². The van der Waals surface area contributed by atoms with Gasteiger partial charge >= 0.3 is 0 Å². The molecule has 2 rings (SSSR count). The highest BCUT2D eigenvalue weighted by atomic mass is 35.5. The first-order valence-electron chi connectivity index (χ1n) is 4.68. The quantitative estimate of drug-likeness (QED) is 0.736. The number of halogens is 1. The normalized spacial score (nSPS) is 26.8. The van der Waals surface area contributed by atoms with Gasteiger partial charge in [-0.05, 0) is 24.3 Å². The van der Waals surface area contributed by atoms with Crippen LogP contribution in [0.3, 0.4) is 0 Å². The van der Waals surface area contributed by atoms with Gasteiger partial charge in [-0.15, -0.1) is 12.4 Å². The summed E-state index contributed by atoms with van der Waals surface area (Å²) in [6.45, 7) is 0. The summed E-state index contributed by atoms with van der Waals surface area (Å²) in [7, 11) is 0. The van der Waals surface area contributed by atoms with Gasteiger partial charge in [-0.2, -0.15) is 0 Å². The molecule has 0 unspecified atom stereocenters. The van der Waals surface area contributed by atoms with Gasteiger partial charge < -0.3 is 5.73 Å². The minimum atomic E-state index is 0. The molecule has 0 amide bonds. The van der Waals surface area contributed by atoms with E-state index < -0.39 is 0 Å². The second-order valence-corrected chi connectivity index (χ2v) is 3.61. The van der Waals surface area contributed by atoms with Crippen molar-refractivity contribution in [3.05, 3.63) is 35.9 Å². The minimum Gasteiger partial charge on any atom is -0.327 e.